The molecule has 0 radical (unpaired) electrons. The largest absolute Gasteiger partial charge is 0.416 e. The van der Waals surface area contributed by atoms with Gasteiger partial charge in [0.1, 0.15) is 11.5 Å². The Morgan fingerprint density at radius 2 is 1.69 bits per heavy atom. The van der Waals surface area contributed by atoms with Crippen LogP contribution >= 0.6 is 0 Å². The number of anilines is 3. The molecular weight excluding hydrogens is 581 g/mol. The summed E-state index contributed by atoms with van der Waals surface area (Å²) in [5.74, 6) is 0.541. The number of hydrogen-bond donors (Lipinski definition) is 2. The third-order valence-corrected chi connectivity index (χ3v) is 8.08. The van der Waals surface area contributed by atoms with Crippen LogP contribution in [-0.4, -0.2) is 68.5 Å². The number of nitrogens with one attached hydrogen (secondary N) is 2. The number of aromatic nitrogens is 4. The molecule has 2 aromatic carbocycles. The zero-order valence-corrected chi connectivity index (χ0v) is 25.2. The van der Waals surface area contributed by atoms with Crippen LogP contribution in [0.2, 0.25) is 0 Å². The number of rotatable bonds is 7. The molecule has 5 aromatic rings. The Balaban J connectivity index is 1.25. The number of likely N-dealkylation sites (N-methyl/N-ethyl adjacent to an activating group) is 1. The molecule has 1 fully saturated rings. The van der Waals surface area contributed by atoms with Gasteiger partial charge in [-0.15, -0.1) is 0 Å². The molecule has 0 aliphatic carbocycles. The van der Waals surface area contributed by atoms with Gasteiger partial charge in [-0.2, -0.15) is 13.2 Å². The summed E-state index contributed by atoms with van der Waals surface area (Å²) in [6, 6.07) is 14.7. The third-order valence-electron chi connectivity index (χ3n) is 8.08. The lowest BCUT2D eigenvalue weighted by Gasteiger charge is -2.33. The van der Waals surface area contributed by atoms with Crippen molar-refractivity contribution in [2.45, 2.75) is 19.6 Å². The minimum absolute atomic E-state index is 0.0772. The number of pyridine rings is 1. The van der Waals surface area contributed by atoms with Gasteiger partial charge in [-0.1, -0.05) is 12.1 Å². The van der Waals surface area contributed by atoms with Crippen LogP contribution < -0.4 is 10.6 Å². The first kappa shape index (κ1) is 30.2. The van der Waals surface area contributed by atoms with Crippen LogP contribution in [0.1, 0.15) is 27.0 Å². The molecule has 1 aliphatic rings. The average molecular weight is 615 g/mol. The molecule has 0 unspecified atom stereocenters. The topological polar surface area (TPSA) is 91.2 Å². The molecule has 2 N–H and O–H groups in total. The fraction of sp³-hybridized carbons (Fsp3) is 0.273. The van der Waals surface area contributed by atoms with Crippen molar-refractivity contribution in [3.8, 4) is 11.4 Å². The van der Waals surface area contributed by atoms with E-state index in [2.05, 4.69) is 20.5 Å². The Morgan fingerprint density at radius 1 is 0.933 bits per heavy atom. The lowest BCUT2D eigenvalue weighted by Crippen LogP contribution is -2.44. The average Bonchev–Trinajstić information content (AvgIpc) is 3.40. The van der Waals surface area contributed by atoms with Crippen molar-refractivity contribution in [2.24, 2.45) is 7.05 Å². The molecule has 4 heterocycles. The quantitative estimate of drug-likeness (QED) is 0.229. The third kappa shape index (κ3) is 6.66. The highest BCUT2D eigenvalue weighted by atomic mass is 19.4. The Hall–Kier alpha value is -4.81. The monoisotopic (exact) mass is 614 g/mol. The van der Waals surface area contributed by atoms with Gasteiger partial charge >= 0.3 is 6.18 Å². The summed E-state index contributed by atoms with van der Waals surface area (Å²) in [6.45, 7) is 5.11. The SMILES string of the molecule is Cc1ccc(C(=O)Nc2ccc(CN3CCN(C)CC3)c(C(F)(F)F)c2)cc1Nc1nc(-c2ccncc2)nc2c1ccn2C. The van der Waals surface area contributed by atoms with Crippen LogP contribution in [0.3, 0.4) is 0 Å². The van der Waals surface area contributed by atoms with Crippen molar-refractivity contribution in [1.82, 2.24) is 29.3 Å². The number of alkyl halides is 3. The normalized spacial score (nSPS) is 14.5. The molecule has 1 amide bonds. The molecule has 0 saturated carbocycles. The highest BCUT2D eigenvalue weighted by Gasteiger charge is 2.34. The number of carbonyl (C=O) groups is 1. The van der Waals surface area contributed by atoms with Crippen molar-refractivity contribution < 1.29 is 18.0 Å². The number of fused-ring (bicyclic) bond motifs is 1. The van der Waals surface area contributed by atoms with Gasteiger partial charge in [0.25, 0.3) is 5.91 Å². The zero-order valence-electron chi connectivity index (χ0n) is 25.2. The molecule has 232 valence electrons. The number of hydrogen-bond acceptors (Lipinski definition) is 7. The maximum atomic E-state index is 14.1. The van der Waals surface area contributed by atoms with Crippen molar-refractivity contribution >= 4 is 34.1 Å². The summed E-state index contributed by atoms with van der Waals surface area (Å²) in [6.07, 6.45) is 0.681. The van der Waals surface area contributed by atoms with Crippen LogP contribution in [0.4, 0.5) is 30.4 Å². The molecule has 1 saturated heterocycles. The number of nitrogens with zero attached hydrogens (tertiary/aromatic N) is 6. The fourth-order valence-electron chi connectivity index (χ4n) is 5.39. The Kier molecular flexibility index (Phi) is 8.26. The fourth-order valence-corrected chi connectivity index (χ4v) is 5.39. The van der Waals surface area contributed by atoms with Crippen LogP contribution in [0.15, 0.2) is 73.2 Å². The second kappa shape index (κ2) is 12.3. The molecule has 0 atom stereocenters. The lowest BCUT2D eigenvalue weighted by atomic mass is 10.0. The maximum Gasteiger partial charge on any atom is 0.416 e. The molecule has 6 rings (SSSR count). The molecule has 9 nitrogen and oxygen atoms in total. The second-order valence-electron chi connectivity index (χ2n) is 11.4. The van der Waals surface area contributed by atoms with E-state index in [0.29, 0.717) is 30.4 Å². The minimum atomic E-state index is -4.56. The maximum absolute atomic E-state index is 14.1. The second-order valence-corrected chi connectivity index (χ2v) is 11.4. The summed E-state index contributed by atoms with van der Waals surface area (Å²) >= 11 is 0. The van der Waals surface area contributed by atoms with Crippen LogP contribution in [0, 0.1) is 6.92 Å². The van der Waals surface area contributed by atoms with E-state index in [1.54, 1.807) is 30.6 Å². The molecule has 45 heavy (non-hydrogen) atoms. The van der Waals surface area contributed by atoms with Crippen LogP contribution in [0.25, 0.3) is 22.4 Å². The van der Waals surface area contributed by atoms with E-state index in [-0.39, 0.29) is 23.4 Å². The van der Waals surface area contributed by atoms with Gasteiger partial charge in [0.05, 0.1) is 10.9 Å². The number of carbonyl (C=O) groups excluding carboxylic acids is 1. The van der Waals surface area contributed by atoms with E-state index in [1.807, 2.05) is 54.9 Å². The molecule has 12 heteroatoms. The van der Waals surface area contributed by atoms with Gasteiger partial charge in [0.2, 0.25) is 0 Å². The number of amides is 1. The first-order valence-corrected chi connectivity index (χ1v) is 14.6. The van der Waals surface area contributed by atoms with Gasteiger partial charge < -0.3 is 20.1 Å². The van der Waals surface area contributed by atoms with Gasteiger partial charge in [-0.05, 0) is 67.6 Å². The Labute approximate surface area is 258 Å². The first-order valence-electron chi connectivity index (χ1n) is 14.6. The summed E-state index contributed by atoms with van der Waals surface area (Å²) in [7, 11) is 3.90. The highest BCUT2D eigenvalue weighted by molar-refractivity contribution is 6.05. The van der Waals surface area contributed by atoms with Gasteiger partial charge in [-0.25, -0.2) is 9.97 Å². The Bertz CT molecular complexity index is 1850. The van der Waals surface area contributed by atoms with Crippen molar-refractivity contribution in [3.63, 3.8) is 0 Å². The standard InChI is InChI=1S/C33H33F3N8O/c1-21-4-5-23(18-28(21)39-30-26-10-13-43(3)31(26)41-29(40-30)22-8-11-37-12-9-22)32(45)38-25-7-6-24(27(19-25)33(34,35)36)20-44-16-14-42(2)15-17-44/h4-13,18-19H,14-17,20H2,1-3H3,(H,38,45)(H,39,40,41). The summed E-state index contributed by atoms with van der Waals surface area (Å²) in [4.78, 5) is 31.1. The highest BCUT2D eigenvalue weighted by Crippen LogP contribution is 2.35. The molecule has 1 aliphatic heterocycles. The van der Waals surface area contributed by atoms with E-state index >= 15 is 0 Å². The van der Waals surface area contributed by atoms with Crippen molar-refractivity contribution in [3.05, 3.63) is 95.4 Å². The first-order chi connectivity index (χ1) is 21.5. The molecule has 0 bridgehead atoms. The summed E-state index contributed by atoms with van der Waals surface area (Å²) < 4.78 is 44.2. The summed E-state index contributed by atoms with van der Waals surface area (Å²) in [5.41, 5.74) is 2.81. The smallest absolute Gasteiger partial charge is 0.339 e. The minimum Gasteiger partial charge on any atom is -0.339 e. The van der Waals surface area contributed by atoms with Gasteiger partial charge in [-0.3, -0.25) is 14.7 Å². The van der Waals surface area contributed by atoms with E-state index < -0.39 is 17.6 Å². The number of piperazine rings is 1. The van der Waals surface area contributed by atoms with E-state index in [1.165, 1.54) is 12.1 Å². The van der Waals surface area contributed by atoms with E-state index in [4.69, 9.17) is 9.97 Å². The van der Waals surface area contributed by atoms with Crippen LogP contribution in [-0.2, 0) is 19.8 Å². The van der Waals surface area contributed by atoms with E-state index in [9.17, 15) is 18.0 Å². The van der Waals surface area contributed by atoms with Crippen molar-refractivity contribution in [2.75, 3.05) is 43.9 Å². The zero-order chi connectivity index (χ0) is 31.7. The van der Waals surface area contributed by atoms with Crippen LogP contribution in [0.5, 0.6) is 0 Å². The number of aryl methyl sites for hydroxylation is 2. The van der Waals surface area contributed by atoms with E-state index in [0.717, 1.165) is 41.3 Å². The molecule has 3 aromatic heterocycles. The predicted octanol–water partition coefficient (Wildman–Crippen LogP) is 6.10. The lowest BCUT2D eigenvalue weighted by molar-refractivity contribution is -0.138. The number of halogens is 3. The molecule has 0 spiro atoms. The molecular formula is C33H33F3N8O. The van der Waals surface area contributed by atoms with Gasteiger partial charge in [0, 0.05) is 80.9 Å². The predicted molar refractivity (Wildman–Crippen MR) is 168 cm³/mol. The van der Waals surface area contributed by atoms with Crippen molar-refractivity contribution in [1.29, 1.82) is 0 Å². The Morgan fingerprint density at radius 3 is 2.42 bits per heavy atom. The van der Waals surface area contributed by atoms with Gasteiger partial charge in [0.15, 0.2) is 5.82 Å². The summed E-state index contributed by atoms with van der Waals surface area (Å²) in [5, 5.41) is 6.81. The number of benzene rings is 2.